The first kappa shape index (κ1) is 24.8. The van der Waals surface area contributed by atoms with E-state index in [0.717, 1.165) is 24.3 Å². The molecule has 9 heteroatoms. The van der Waals surface area contributed by atoms with Crippen LogP contribution in [-0.4, -0.2) is 92.1 Å². The van der Waals surface area contributed by atoms with E-state index in [4.69, 9.17) is 4.74 Å². The average Bonchev–Trinajstić information content (AvgIpc) is 3.24. The van der Waals surface area contributed by atoms with E-state index in [1.54, 1.807) is 24.3 Å². The number of nitrogens with zero attached hydrogens (tertiary/aromatic N) is 4. The molecule has 1 N–H and O–H groups in total. The first-order valence-electron chi connectivity index (χ1n) is 12.7. The predicted molar refractivity (Wildman–Crippen MR) is 134 cm³/mol. The van der Waals surface area contributed by atoms with Gasteiger partial charge in [0.25, 0.3) is 0 Å². The molecule has 3 saturated heterocycles. The minimum atomic E-state index is -0.326. The quantitative estimate of drug-likeness (QED) is 0.629. The van der Waals surface area contributed by atoms with Crippen LogP contribution in [0.1, 0.15) is 5.56 Å². The Kier molecular flexibility index (Phi) is 7.62. The van der Waals surface area contributed by atoms with E-state index in [-0.39, 0.29) is 35.5 Å². The molecule has 3 aliphatic rings. The number of likely N-dealkylation sites (tertiary alicyclic amines) is 1. The molecule has 36 heavy (non-hydrogen) atoms. The number of carbonyl (C=O) groups excluding carboxylic acids is 2. The first-order chi connectivity index (χ1) is 17.5. The number of nitrogens with one attached hydrogen (secondary N) is 1. The highest BCUT2D eigenvalue weighted by atomic mass is 19.1. The van der Waals surface area contributed by atoms with Gasteiger partial charge < -0.3 is 9.64 Å². The number of piperazine rings is 1. The number of halogens is 1. The van der Waals surface area contributed by atoms with Crippen LogP contribution in [0, 0.1) is 17.7 Å². The maximum atomic E-state index is 13.8. The molecule has 3 heterocycles. The number of carbonyl (C=O) groups is 2. The van der Waals surface area contributed by atoms with E-state index in [1.165, 1.54) is 6.07 Å². The number of piperidine rings is 1. The standard InChI is InChI=1S/C27H34FN5O3/c1-36-15-14-31-18-23(25-24(19-31)27(35)33(29-25)22-8-3-2-4-9-22)26(34)32-12-10-30(11-13-32)17-20-6-5-7-21(28)16-20/h2-9,16,23-25,29H,10-15,17-19H2,1H3. The summed E-state index contributed by atoms with van der Waals surface area (Å²) in [5.41, 5.74) is 5.11. The molecule has 0 spiro atoms. The number of para-hydroxylation sites is 1. The van der Waals surface area contributed by atoms with Crippen LogP contribution < -0.4 is 10.4 Å². The Morgan fingerprint density at radius 3 is 2.53 bits per heavy atom. The van der Waals surface area contributed by atoms with Crippen molar-refractivity contribution in [1.82, 2.24) is 20.1 Å². The Balaban J connectivity index is 1.27. The van der Waals surface area contributed by atoms with Crippen LogP contribution in [0.4, 0.5) is 10.1 Å². The Hall–Kier alpha value is -2.85. The third kappa shape index (κ3) is 5.29. The first-order valence-corrected chi connectivity index (χ1v) is 12.7. The molecule has 3 fully saturated rings. The summed E-state index contributed by atoms with van der Waals surface area (Å²) in [7, 11) is 1.66. The van der Waals surface area contributed by atoms with Crippen molar-refractivity contribution in [3.63, 3.8) is 0 Å². The zero-order valence-electron chi connectivity index (χ0n) is 20.7. The molecule has 0 saturated carbocycles. The summed E-state index contributed by atoms with van der Waals surface area (Å²) in [5, 5.41) is 1.62. The molecule has 3 unspecified atom stereocenters. The summed E-state index contributed by atoms with van der Waals surface area (Å²) in [4.78, 5) is 33.6. The van der Waals surface area contributed by atoms with Gasteiger partial charge in [-0.1, -0.05) is 30.3 Å². The summed E-state index contributed by atoms with van der Waals surface area (Å²) in [6.07, 6.45) is 0. The number of fused-ring (bicyclic) bond motifs is 1. The van der Waals surface area contributed by atoms with Crippen molar-refractivity contribution in [2.24, 2.45) is 11.8 Å². The van der Waals surface area contributed by atoms with Gasteiger partial charge >= 0.3 is 0 Å². The average molecular weight is 496 g/mol. The summed E-state index contributed by atoms with van der Waals surface area (Å²) < 4.78 is 18.8. The molecule has 3 atom stereocenters. The second-order valence-corrected chi connectivity index (χ2v) is 9.86. The smallest absolute Gasteiger partial charge is 0.247 e. The molecule has 3 aliphatic heterocycles. The molecule has 0 aliphatic carbocycles. The summed E-state index contributed by atoms with van der Waals surface area (Å²) in [6, 6.07) is 16.0. The molecule has 0 radical (unpaired) electrons. The summed E-state index contributed by atoms with van der Waals surface area (Å²) in [5.74, 6) is -0.750. The lowest BCUT2D eigenvalue weighted by molar-refractivity contribution is -0.141. The zero-order valence-corrected chi connectivity index (χ0v) is 20.7. The van der Waals surface area contributed by atoms with Gasteiger partial charge in [0.2, 0.25) is 11.8 Å². The van der Waals surface area contributed by atoms with Crippen LogP contribution in [-0.2, 0) is 20.9 Å². The van der Waals surface area contributed by atoms with Crippen LogP contribution in [0.15, 0.2) is 54.6 Å². The van der Waals surface area contributed by atoms with E-state index in [1.807, 2.05) is 41.3 Å². The Bertz CT molecular complexity index is 1060. The van der Waals surface area contributed by atoms with E-state index >= 15 is 0 Å². The number of hydrogen-bond acceptors (Lipinski definition) is 6. The van der Waals surface area contributed by atoms with Crippen LogP contribution in [0.25, 0.3) is 0 Å². The van der Waals surface area contributed by atoms with Gasteiger partial charge in [0.05, 0.1) is 30.2 Å². The van der Waals surface area contributed by atoms with Gasteiger partial charge in [-0.05, 0) is 29.8 Å². The molecule has 2 aromatic carbocycles. The van der Waals surface area contributed by atoms with Crippen LogP contribution in [0.2, 0.25) is 0 Å². The van der Waals surface area contributed by atoms with E-state index in [9.17, 15) is 14.0 Å². The van der Waals surface area contributed by atoms with Crippen LogP contribution in [0.5, 0.6) is 0 Å². The van der Waals surface area contributed by atoms with E-state index < -0.39 is 0 Å². The van der Waals surface area contributed by atoms with Crippen molar-refractivity contribution in [2.75, 3.05) is 64.5 Å². The molecule has 5 rings (SSSR count). The highest BCUT2D eigenvalue weighted by Gasteiger charge is 2.51. The summed E-state index contributed by atoms with van der Waals surface area (Å²) >= 11 is 0. The monoisotopic (exact) mass is 495 g/mol. The number of amides is 2. The van der Waals surface area contributed by atoms with Gasteiger partial charge in [-0.2, -0.15) is 0 Å². The number of rotatable bonds is 7. The van der Waals surface area contributed by atoms with Gasteiger partial charge in [-0.3, -0.25) is 19.4 Å². The highest BCUT2D eigenvalue weighted by molar-refractivity contribution is 5.98. The van der Waals surface area contributed by atoms with Crippen molar-refractivity contribution in [1.29, 1.82) is 0 Å². The minimum absolute atomic E-state index is 0.00558. The third-order valence-corrected chi connectivity index (χ3v) is 7.51. The topological polar surface area (TPSA) is 68.4 Å². The number of benzene rings is 2. The van der Waals surface area contributed by atoms with Crippen LogP contribution in [0.3, 0.4) is 0 Å². The van der Waals surface area contributed by atoms with Gasteiger partial charge in [-0.25, -0.2) is 14.8 Å². The minimum Gasteiger partial charge on any atom is -0.383 e. The number of anilines is 1. The fraction of sp³-hybridized carbons (Fsp3) is 0.481. The fourth-order valence-electron chi connectivity index (χ4n) is 5.60. The highest BCUT2D eigenvalue weighted by Crippen LogP contribution is 2.33. The van der Waals surface area contributed by atoms with Gasteiger partial charge in [0.1, 0.15) is 5.82 Å². The van der Waals surface area contributed by atoms with Gasteiger partial charge in [0, 0.05) is 59.5 Å². The molecule has 2 aromatic rings. The van der Waals surface area contributed by atoms with Crippen molar-refractivity contribution >= 4 is 17.5 Å². The molecule has 8 nitrogen and oxygen atoms in total. The van der Waals surface area contributed by atoms with E-state index in [0.29, 0.717) is 45.9 Å². The largest absolute Gasteiger partial charge is 0.383 e. The lowest BCUT2D eigenvalue weighted by Crippen LogP contribution is -2.60. The normalized spacial score (nSPS) is 25.3. The molecular weight excluding hydrogens is 461 g/mol. The number of hydrogen-bond donors (Lipinski definition) is 1. The molecule has 192 valence electrons. The maximum absolute atomic E-state index is 13.8. The lowest BCUT2D eigenvalue weighted by atomic mass is 9.83. The second kappa shape index (κ2) is 11.0. The van der Waals surface area contributed by atoms with Crippen molar-refractivity contribution in [3.05, 3.63) is 66.0 Å². The lowest BCUT2D eigenvalue weighted by Gasteiger charge is -2.42. The van der Waals surface area contributed by atoms with E-state index in [2.05, 4.69) is 15.2 Å². The maximum Gasteiger partial charge on any atom is 0.247 e. The Morgan fingerprint density at radius 2 is 1.81 bits per heavy atom. The van der Waals surface area contributed by atoms with Crippen molar-refractivity contribution in [2.45, 2.75) is 12.6 Å². The summed E-state index contributed by atoms with van der Waals surface area (Å²) in [6.45, 7) is 5.82. The number of methoxy groups -OCH3 is 1. The Labute approximate surface area is 211 Å². The van der Waals surface area contributed by atoms with Crippen molar-refractivity contribution < 1.29 is 18.7 Å². The second-order valence-electron chi connectivity index (χ2n) is 9.86. The Morgan fingerprint density at radius 1 is 1.03 bits per heavy atom. The van der Waals surface area contributed by atoms with Gasteiger partial charge in [-0.15, -0.1) is 0 Å². The zero-order chi connectivity index (χ0) is 25.1. The number of ether oxygens (including phenoxy) is 1. The predicted octanol–water partition coefficient (Wildman–Crippen LogP) is 1.58. The SMILES string of the molecule is COCCN1CC(C(=O)N2CCN(Cc3cccc(F)c3)CC2)C2NN(c3ccccc3)C(=O)C2C1. The number of hydrazine groups is 1. The van der Waals surface area contributed by atoms with Gasteiger partial charge in [0.15, 0.2) is 0 Å². The third-order valence-electron chi connectivity index (χ3n) is 7.51. The van der Waals surface area contributed by atoms with Crippen molar-refractivity contribution in [3.8, 4) is 0 Å². The fourth-order valence-corrected chi connectivity index (χ4v) is 5.60. The molecule has 0 aromatic heterocycles. The molecular formula is C27H34FN5O3. The molecule has 0 bridgehead atoms. The van der Waals surface area contributed by atoms with Crippen LogP contribution >= 0.6 is 0 Å². The molecule has 2 amide bonds.